The molecule has 1 atom stereocenters. The number of hydrogen-bond acceptors (Lipinski definition) is 4. The number of alkyl halides is 2. The summed E-state index contributed by atoms with van der Waals surface area (Å²) in [7, 11) is 1.96. The van der Waals surface area contributed by atoms with E-state index in [9.17, 15) is 9.59 Å². The minimum atomic E-state index is -2.07. The molecule has 2 rings (SSSR count). The summed E-state index contributed by atoms with van der Waals surface area (Å²) in [6.45, 7) is 11.8. The number of carbonyl (C=O) groups excluding carboxylic acids is 2. The van der Waals surface area contributed by atoms with Crippen LogP contribution in [0.5, 0.6) is 0 Å². The third-order valence-electron chi connectivity index (χ3n) is 4.00. The summed E-state index contributed by atoms with van der Waals surface area (Å²) in [5.74, 6) is 0.0680. The van der Waals surface area contributed by atoms with Crippen LogP contribution < -0.4 is 14.2 Å². The van der Waals surface area contributed by atoms with Crippen molar-refractivity contribution in [2.24, 2.45) is 5.73 Å². The Morgan fingerprint density at radius 2 is 1.91 bits per heavy atom. The number of fused-ring (bicyclic) bond motifs is 1. The van der Waals surface area contributed by atoms with Crippen LogP contribution in [0.1, 0.15) is 64.7 Å². The van der Waals surface area contributed by atoms with Crippen molar-refractivity contribution in [1.29, 1.82) is 0 Å². The van der Waals surface area contributed by atoms with Crippen LogP contribution in [0.15, 0.2) is 41.1 Å². The predicted molar refractivity (Wildman–Crippen MR) is 150 cm³/mol. The molecule has 1 aliphatic heterocycles. The maximum atomic E-state index is 12.7. The number of hydrogen-bond donors (Lipinski definition) is 2. The van der Waals surface area contributed by atoms with Gasteiger partial charge in [0.25, 0.3) is 0 Å². The molecule has 0 radical (unpaired) electrons. The largest absolute Gasteiger partial charge is 0.0656 e. The zero-order valence-electron chi connectivity index (χ0n) is 20.7. The van der Waals surface area contributed by atoms with E-state index in [-0.39, 0.29) is 5.91 Å². The molecule has 0 aliphatic carbocycles. The van der Waals surface area contributed by atoms with Gasteiger partial charge in [-0.25, -0.2) is 0 Å². The first-order valence-corrected chi connectivity index (χ1v) is 15.7. The summed E-state index contributed by atoms with van der Waals surface area (Å²) >= 11 is 9.82. The Morgan fingerprint density at radius 3 is 2.42 bits per heavy atom. The summed E-state index contributed by atoms with van der Waals surface area (Å²) in [6, 6.07) is 5.37. The monoisotopic (exact) mass is 613 g/mol. The van der Waals surface area contributed by atoms with Crippen molar-refractivity contribution >= 4 is 60.8 Å². The Kier molecular flexibility index (Phi) is 16.3. The van der Waals surface area contributed by atoms with Crippen LogP contribution in [-0.4, -0.2) is 35.4 Å². The first-order valence-electron chi connectivity index (χ1n) is 11.1. The second-order valence-corrected chi connectivity index (χ2v) is 12.0. The topological polar surface area (TPSA) is 84.7 Å². The first kappa shape index (κ1) is 31.6. The molecule has 1 aromatic rings. The number of nitrogens with zero attached hydrogens (tertiary/aromatic N) is 1. The van der Waals surface area contributed by atoms with Gasteiger partial charge in [0.2, 0.25) is 0 Å². The van der Waals surface area contributed by atoms with Crippen molar-refractivity contribution in [3.05, 3.63) is 50.3 Å². The van der Waals surface area contributed by atoms with Crippen LogP contribution in [-0.2, 0) is 9.53 Å². The van der Waals surface area contributed by atoms with E-state index in [1.165, 1.54) is 6.42 Å². The smallest absolute Gasteiger partial charge is 0.0590 e. The van der Waals surface area contributed by atoms with Crippen LogP contribution in [0, 0.1) is 3.57 Å². The number of carbonyl (C=O) groups is 2. The Morgan fingerprint density at radius 1 is 1.30 bits per heavy atom. The molecule has 9 heteroatoms. The maximum Gasteiger partial charge on any atom is -0.0590 e. The molecule has 0 aromatic heterocycles. The molecule has 1 unspecified atom stereocenters. The summed E-state index contributed by atoms with van der Waals surface area (Å²) in [4.78, 5) is 26.3. The van der Waals surface area contributed by atoms with E-state index in [0.29, 0.717) is 28.7 Å². The molecule has 1 heterocycles. The molecular weight excluding hydrogens is 576 g/mol. The number of halogens is 3. The van der Waals surface area contributed by atoms with Crippen LogP contribution in [0.25, 0.3) is 0 Å². The van der Waals surface area contributed by atoms with Gasteiger partial charge in [-0.3, -0.25) is 0 Å². The predicted octanol–water partition coefficient (Wildman–Crippen LogP) is 6.40. The van der Waals surface area contributed by atoms with Gasteiger partial charge in [0.15, 0.2) is 0 Å². The maximum absolute atomic E-state index is 12.7. The Balaban J connectivity index is 0.00000189. The number of primary amides is 1. The summed E-state index contributed by atoms with van der Waals surface area (Å²) in [6.07, 6.45) is 4.51. The molecule has 0 spiro atoms. The second-order valence-electron chi connectivity index (χ2n) is 6.81. The van der Waals surface area contributed by atoms with Crippen molar-refractivity contribution in [3.8, 4) is 0 Å². The number of benzene rings is 1. The van der Waals surface area contributed by atoms with Crippen molar-refractivity contribution < 1.29 is 14.3 Å². The van der Waals surface area contributed by atoms with Crippen LogP contribution in [0.3, 0.4) is 0 Å². The Bertz CT molecular complexity index is 831. The van der Waals surface area contributed by atoms with Crippen molar-refractivity contribution in [3.63, 3.8) is 0 Å². The Hall–Kier alpha value is -1.45. The van der Waals surface area contributed by atoms with Crippen LogP contribution >= 0.6 is 43.3 Å². The first-order chi connectivity index (χ1) is 15.7. The molecule has 1 aliphatic rings. The molecule has 0 saturated heterocycles. The number of amides is 2. The summed E-state index contributed by atoms with van der Waals surface area (Å²) in [5, 5.41) is 0.525. The van der Waals surface area contributed by atoms with Gasteiger partial charge in [-0.05, 0) is 0 Å². The van der Waals surface area contributed by atoms with Crippen molar-refractivity contribution in [2.75, 3.05) is 22.4 Å². The minimum absolute atomic E-state index is 0.215. The van der Waals surface area contributed by atoms with Crippen LogP contribution in [0.4, 0.5) is 5.69 Å². The number of ether oxygens (including phenoxy) is 1. The van der Waals surface area contributed by atoms with E-state index in [2.05, 4.69) is 22.3 Å². The van der Waals surface area contributed by atoms with E-state index >= 15 is 0 Å². The van der Waals surface area contributed by atoms with Gasteiger partial charge in [0.1, 0.15) is 0 Å². The average molecular weight is 614 g/mol. The van der Waals surface area contributed by atoms with Gasteiger partial charge in [0, 0.05) is 0 Å². The minimum Gasteiger partial charge on any atom is -0.0656 e. The van der Waals surface area contributed by atoms with Gasteiger partial charge in [-0.15, -0.1) is 0 Å². The fraction of sp³-hybridized carbons (Fsp3) is 0.500. The average Bonchev–Trinajstić information content (AvgIpc) is 3.12. The zero-order chi connectivity index (χ0) is 25.6. The normalized spacial score (nSPS) is 14.8. The van der Waals surface area contributed by atoms with E-state index in [0.717, 1.165) is 13.8 Å². The molecular formula is C24H38Cl2IN3O3. The molecule has 0 saturated carbocycles. The van der Waals surface area contributed by atoms with E-state index in [1.54, 1.807) is 31.2 Å². The molecule has 2 amide bonds. The molecule has 3 N–H and O–H groups in total. The van der Waals surface area contributed by atoms with E-state index in [1.807, 2.05) is 33.9 Å². The SMILES string of the molecule is CC.CC/C(Cl)=C(\C=C/CCl)OC(C)C(=O)NI1CN(C)c2ccc(C(N)=O)cc21.CCC. The molecule has 33 heavy (non-hydrogen) atoms. The van der Waals surface area contributed by atoms with Gasteiger partial charge < -0.3 is 0 Å². The fourth-order valence-corrected chi connectivity index (χ4v) is 7.96. The molecule has 6 nitrogen and oxygen atoms in total. The van der Waals surface area contributed by atoms with Gasteiger partial charge in [-0.1, -0.05) is 34.1 Å². The third-order valence-corrected chi connectivity index (χ3v) is 9.79. The number of nitrogens with two attached hydrogens (primary N) is 1. The number of nitrogens with one attached hydrogen (secondary N) is 1. The molecule has 188 valence electrons. The van der Waals surface area contributed by atoms with Gasteiger partial charge in [-0.2, -0.15) is 0 Å². The number of rotatable bonds is 8. The second kappa shape index (κ2) is 17.1. The molecule has 0 bridgehead atoms. The zero-order valence-corrected chi connectivity index (χ0v) is 24.3. The quantitative estimate of drug-likeness (QED) is 0.0887. The van der Waals surface area contributed by atoms with Gasteiger partial charge >= 0.3 is 183 Å². The van der Waals surface area contributed by atoms with Crippen molar-refractivity contribution in [2.45, 2.75) is 60.5 Å². The fourth-order valence-electron chi connectivity index (χ4n) is 2.49. The molecule has 1 aromatic carbocycles. The molecule has 0 fully saturated rings. The number of anilines is 1. The standard InChI is InChI=1S/C19H24Cl2IN3O3.C3H8.C2H6/c1-4-14(21)17(6-5-9-20)28-12(2)19(27)24-22-11-25(3)16-8-7-13(18(23)26)10-15(16)22;1-3-2;1-2/h5-8,10,12H,4,9,11H2,1-3H3,(H2,23,26)(H,24,27);3H2,1-2H3;1-2H3/b6-5-,17-14-;;. The number of allylic oxidation sites excluding steroid dienone is 3. The van der Waals surface area contributed by atoms with E-state index < -0.39 is 32.1 Å². The van der Waals surface area contributed by atoms with Crippen molar-refractivity contribution in [1.82, 2.24) is 3.53 Å². The van der Waals surface area contributed by atoms with Crippen LogP contribution in [0.2, 0.25) is 0 Å². The van der Waals surface area contributed by atoms with E-state index in [4.69, 9.17) is 33.7 Å². The van der Waals surface area contributed by atoms with Gasteiger partial charge in [0.05, 0.1) is 0 Å². The summed E-state index contributed by atoms with van der Waals surface area (Å²) in [5.41, 5.74) is 6.86. The third kappa shape index (κ3) is 10.1. The Labute approximate surface area is 216 Å². The summed E-state index contributed by atoms with van der Waals surface area (Å²) < 4.78 is 10.7.